The fraction of sp³-hybridized carbons (Fsp3) is 0.304. The molecule has 0 atom stereocenters. The monoisotopic (exact) mass is 467 g/mol. The average molecular weight is 468 g/mol. The van der Waals surface area contributed by atoms with Gasteiger partial charge in [0.2, 0.25) is 5.91 Å². The van der Waals surface area contributed by atoms with Gasteiger partial charge in [0.1, 0.15) is 19.0 Å². The molecule has 1 aromatic heterocycles. The Morgan fingerprint density at radius 1 is 1.10 bits per heavy atom. The Hall–Kier alpha value is -2.80. The molecule has 0 radical (unpaired) electrons. The van der Waals surface area contributed by atoms with Crippen LogP contribution >= 0.6 is 15.9 Å². The molecule has 3 heterocycles. The quantitative estimate of drug-likeness (QED) is 0.608. The number of halogens is 1. The van der Waals surface area contributed by atoms with Gasteiger partial charge >= 0.3 is 0 Å². The van der Waals surface area contributed by atoms with E-state index in [0.717, 1.165) is 39.9 Å². The van der Waals surface area contributed by atoms with E-state index in [1.54, 1.807) is 0 Å². The molecule has 1 amide bonds. The second kappa shape index (κ2) is 8.14. The second-order valence-electron chi connectivity index (χ2n) is 7.58. The molecule has 2 aliphatic rings. The van der Waals surface area contributed by atoms with Crippen LogP contribution in [0, 0.1) is 0 Å². The smallest absolute Gasteiger partial charge is 0.228 e. The van der Waals surface area contributed by atoms with Crippen LogP contribution in [0.4, 0.5) is 5.69 Å². The maximum absolute atomic E-state index is 12.6. The summed E-state index contributed by atoms with van der Waals surface area (Å²) in [6.45, 7) is 2.11. The van der Waals surface area contributed by atoms with Gasteiger partial charge in [0, 0.05) is 34.9 Å². The topological polar surface area (TPSA) is 65.4 Å². The molecule has 0 unspecified atom stereocenters. The van der Waals surface area contributed by atoms with E-state index in [4.69, 9.17) is 14.5 Å². The third-order valence-electron chi connectivity index (χ3n) is 5.44. The molecular formula is C23H22BrN3O3. The molecule has 5 rings (SSSR count). The first kappa shape index (κ1) is 19.2. The van der Waals surface area contributed by atoms with E-state index in [1.807, 2.05) is 36.4 Å². The summed E-state index contributed by atoms with van der Waals surface area (Å²) < 4.78 is 14.3. The van der Waals surface area contributed by atoms with Gasteiger partial charge in [0.05, 0.1) is 12.1 Å². The van der Waals surface area contributed by atoms with Crippen molar-refractivity contribution in [1.82, 2.24) is 9.55 Å². The first-order valence-corrected chi connectivity index (χ1v) is 11.0. The van der Waals surface area contributed by atoms with Crippen LogP contribution in [-0.4, -0.2) is 28.7 Å². The number of nitrogens with one attached hydrogen (secondary N) is 1. The van der Waals surface area contributed by atoms with E-state index in [0.29, 0.717) is 24.7 Å². The number of anilines is 1. The minimum absolute atomic E-state index is 0.0856. The average Bonchev–Trinajstić information content (AvgIpc) is 3.19. The van der Waals surface area contributed by atoms with Crippen LogP contribution in [0.25, 0.3) is 11.3 Å². The fourth-order valence-electron chi connectivity index (χ4n) is 3.90. The molecule has 30 heavy (non-hydrogen) atoms. The summed E-state index contributed by atoms with van der Waals surface area (Å²) in [7, 11) is 0. The Morgan fingerprint density at radius 3 is 2.63 bits per heavy atom. The predicted octanol–water partition coefficient (Wildman–Crippen LogP) is 4.60. The summed E-state index contributed by atoms with van der Waals surface area (Å²) in [5, 5.41) is 2.97. The van der Waals surface area contributed by atoms with Gasteiger partial charge in [-0.1, -0.05) is 28.1 Å². The van der Waals surface area contributed by atoms with E-state index in [1.165, 1.54) is 18.7 Å². The van der Waals surface area contributed by atoms with Gasteiger partial charge in [-0.3, -0.25) is 4.79 Å². The maximum atomic E-state index is 12.6. The van der Waals surface area contributed by atoms with E-state index < -0.39 is 0 Å². The number of fused-ring (bicyclic) bond motifs is 2. The Balaban J connectivity index is 1.26. The lowest BCUT2D eigenvalue weighted by Crippen LogP contribution is -2.17. The van der Waals surface area contributed by atoms with Crippen LogP contribution in [0.5, 0.6) is 11.5 Å². The van der Waals surface area contributed by atoms with Crippen molar-refractivity contribution in [3.8, 4) is 22.8 Å². The molecule has 1 N–H and O–H groups in total. The Bertz CT molecular complexity index is 1070. The normalized spacial score (nSPS) is 14.8. The Kier molecular flexibility index (Phi) is 5.21. The molecule has 0 saturated carbocycles. The molecule has 3 aromatic rings. The summed E-state index contributed by atoms with van der Waals surface area (Å²) in [5.41, 5.74) is 3.67. The zero-order valence-electron chi connectivity index (χ0n) is 16.5. The highest BCUT2D eigenvalue weighted by Crippen LogP contribution is 2.35. The van der Waals surface area contributed by atoms with Gasteiger partial charge in [-0.2, -0.15) is 0 Å². The number of ether oxygens (including phenoxy) is 2. The molecule has 0 bridgehead atoms. The lowest BCUT2D eigenvalue weighted by atomic mass is 10.1. The van der Waals surface area contributed by atoms with E-state index in [2.05, 4.69) is 32.0 Å². The van der Waals surface area contributed by atoms with Crippen molar-refractivity contribution in [3.63, 3.8) is 0 Å². The zero-order chi connectivity index (χ0) is 20.5. The molecule has 154 valence electrons. The number of aromatic nitrogens is 2. The highest BCUT2D eigenvalue weighted by molar-refractivity contribution is 9.10. The number of carbonyl (C=O) groups is 1. The minimum atomic E-state index is -0.0856. The molecule has 0 saturated heterocycles. The van der Waals surface area contributed by atoms with Crippen LogP contribution in [0.2, 0.25) is 0 Å². The highest BCUT2D eigenvalue weighted by Gasteiger charge is 2.17. The van der Waals surface area contributed by atoms with Crippen LogP contribution in [0.1, 0.15) is 24.2 Å². The van der Waals surface area contributed by atoms with Gasteiger partial charge in [-0.05, 0) is 42.7 Å². The van der Waals surface area contributed by atoms with Gasteiger partial charge in [0.25, 0.3) is 0 Å². The molecule has 2 aromatic carbocycles. The van der Waals surface area contributed by atoms with Crippen molar-refractivity contribution < 1.29 is 14.3 Å². The number of rotatable bonds is 4. The lowest BCUT2D eigenvalue weighted by molar-refractivity contribution is -0.115. The van der Waals surface area contributed by atoms with Gasteiger partial charge in [0.15, 0.2) is 11.5 Å². The fourth-order valence-corrected chi connectivity index (χ4v) is 4.36. The Morgan fingerprint density at radius 2 is 1.87 bits per heavy atom. The molecule has 2 aliphatic heterocycles. The van der Waals surface area contributed by atoms with Crippen molar-refractivity contribution >= 4 is 27.5 Å². The summed E-state index contributed by atoms with van der Waals surface area (Å²) in [6.07, 6.45) is 5.84. The molecule has 0 aliphatic carbocycles. The standard InChI is InChI=1S/C23H22BrN3O3/c24-18-13-21-20(29-9-10-30-21)11-16(18)12-23(28)25-17-6-4-15(5-7-17)19-14-27-8-2-1-3-22(27)26-19/h4-7,11,13-14H,1-3,8-10,12H2,(H,25,28). The van der Waals surface area contributed by atoms with Crippen molar-refractivity contribution in [3.05, 3.63) is 58.5 Å². The maximum Gasteiger partial charge on any atom is 0.228 e. The Labute approximate surface area is 183 Å². The summed E-state index contributed by atoms with van der Waals surface area (Å²) in [4.78, 5) is 17.3. The molecule has 0 fully saturated rings. The van der Waals surface area contributed by atoms with Gasteiger partial charge in [-0.25, -0.2) is 4.98 Å². The predicted molar refractivity (Wildman–Crippen MR) is 118 cm³/mol. The number of nitrogens with zero attached hydrogens (tertiary/aromatic N) is 2. The molecule has 0 spiro atoms. The van der Waals surface area contributed by atoms with Crippen molar-refractivity contribution in [2.45, 2.75) is 32.2 Å². The highest BCUT2D eigenvalue weighted by atomic mass is 79.9. The van der Waals surface area contributed by atoms with Crippen LogP contribution < -0.4 is 14.8 Å². The van der Waals surface area contributed by atoms with Crippen molar-refractivity contribution in [2.75, 3.05) is 18.5 Å². The van der Waals surface area contributed by atoms with Gasteiger partial charge in [-0.15, -0.1) is 0 Å². The largest absolute Gasteiger partial charge is 0.486 e. The van der Waals surface area contributed by atoms with Crippen molar-refractivity contribution in [2.24, 2.45) is 0 Å². The molecular weight excluding hydrogens is 446 g/mol. The van der Waals surface area contributed by atoms with E-state index in [9.17, 15) is 4.79 Å². The van der Waals surface area contributed by atoms with Crippen LogP contribution in [0.3, 0.4) is 0 Å². The number of imidazole rings is 1. The van der Waals surface area contributed by atoms with E-state index >= 15 is 0 Å². The number of benzene rings is 2. The zero-order valence-corrected chi connectivity index (χ0v) is 18.1. The summed E-state index contributed by atoms with van der Waals surface area (Å²) in [6, 6.07) is 11.6. The summed E-state index contributed by atoms with van der Waals surface area (Å²) in [5.74, 6) is 2.46. The van der Waals surface area contributed by atoms with Gasteiger partial charge < -0.3 is 19.4 Å². The summed E-state index contributed by atoms with van der Waals surface area (Å²) >= 11 is 3.52. The second-order valence-corrected chi connectivity index (χ2v) is 8.44. The third kappa shape index (κ3) is 3.94. The number of carbonyl (C=O) groups excluding carboxylic acids is 1. The minimum Gasteiger partial charge on any atom is -0.486 e. The number of hydrogen-bond acceptors (Lipinski definition) is 4. The van der Waals surface area contributed by atoms with Crippen LogP contribution in [-0.2, 0) is 24.2 Å². The number of amides is 1. The number of hydrogen-bond donors (Lipinski definition) is 1. The SMILES string of the molecule is O=C(Cc1cc2c(cc1Br)OCCO2)Nc1ccc(-c2cn3c(n2)CCCC3)cc1. The van der Waals surface area contributed by atoms with E-state index in [-0.39, 0.29) is 12.3 Å². The number of aryl methyl sites for hydroxylation is 2. The first-order chi connectivity index (χ1) is 14.7. The van der Waals surface area contributed by atoms with Crippen molar-refractivity contribution in [1.29, 1.82) is 0 Å². The van der Waals surface area contributed by atoms with Crippen LogP contribution in [0.15, 0.2) is 47.1 Å². The molecule has 6 nitrogen and oxygen atoms in total. The molecule has 7 heteroatoms. The first-order valence-electron chi connectivity index (χ1n) is 10.2. The third-order valence-corrected chi connectivity index (χ3v) is 6.17. The lowest BCUT2D eigenvalue weighted by Gasteiger charge is -2.19.